The van der Waals surface area contributed by atoms with Gasteiger partial charge in [-0.05, 0) is 48.4 Å². The lowest BCUT2D eigenvalue weighted by Crippen LogP contribution is -2.30. The van der Waals surface area contributed by atoms with Gasteiger partial charge in [-0.15, -0.1) is 11.8 Å². The maximum Gasteiger partial charge on any atom is 0.416 e. The Bertz CT molecular complexity index is 808. The lowest BCUT2D eigenvalue weighted by molar-refractivity contribution is -0.137. The van der Waals surface area contributed by atoms with Gasteiger partial charge in [-0.25, -0.2) is 0 Å². The van der Waals surface area contributed by atoms with Crippen LogP contribution in [0.4, 0.5) is 13.2 Å². The van der Waals surface area contributed by atoms with E-state index < -0.39 is 17.1 Å². The van der Waals surface area contributed by atoms with E-state index in [4.69, 9.17) is 4.74 Å². The number of nitrogens with zero attached hydrogens (tertiary/aromatic N) is 1. The molecule has 1 aliphatic rings. The van der Waals surface area contributed by atoms with Crippen molar-refractivity contribution in [1.29, 1.82) is 0 Å². The lowest BCUT2D eigenvalue weighted by atomic mass is 10.1. The molecule has 1 heterocycles. The highest BCUT2D eigenvalue weighted by molar-refractivity contribution is 7.99. The van der Waals surface area contributed by atoms with E-state index in [9.17, 15) is 18.0 Å². The van der Waals surface area contributed by atoms with Gasteiger partial charge in [-0.3, -0.25) is 4.79 Å². The van der Waals surface area contributed by atoms with Crippen molar-refractivity contribution in [3.8, 4) is 5.75 Å². The molecule has 2 aromatic rings. The fraction of sp³-hybridized carbons (Fsp3) is 0.381. The number of carbonyl (C=O) groups excluding carboxylic acids is 1. The van der Waals surface area contributed by atoms with Crippen molar-refractivity contribution in [1.82, 2.24) is 4.90 Å². The first-order chi connectivity index (χ1) is 13.4. The Morgan fingerprint density at radius 3 is 2.64 bits per heavy atom. The average molecular weight is 409 g/mol. The topological polar surface area (TPSA) is 29.5 Å². The van der Waals surface area contributed by atoms with Crippen molar-refractivity contribution >= 4 is 17.7 Å². The third kappa shape index (κ3) is 4.82. The van der Waals surface area contributed by atoms with Gasteiger partial charge in [0.15, 0.2) is 0 Å². The Labute approximate surface area is 166 Å². The van der Waals surface area contributed by atoms with Crippen molar-refractivity contribution in [2.75, 3.05) is 18.9 Å². The Hall–Kier alpha value is -2.15. The largest absolute Gasteiger partial charge is 0.494 e. The fourth-order valence-corrected chi connectivity index (χ4v) is 4.26. The number of thioether (sulfide) groups is 1. The van der Waals surface area contributed by atoms with E-state index in [-0.39, 0.29) is 5.91 Å². The number of carbonyl (C=O) groups is 1. The zero-order valence-corrected chi connectivity index (χ0v) is 16.4. The summed E-state index contributed by atoms with van der Waals surface area (Å²) in [6.07, 6.45) is -2.40. The number of hydrogen-bond acceptors (Lipinski definition) is 3. The minimum Gasteiger partial charge on any atom is -0.494 e. The smallest absolute Gasteiger partial charge is 0.416 e. The number of ether oxygens (including phenoxy) is 1. The second kappa shape index (κ2) is 8.90. The fourth-order valence-electron chi connectivity index (χ4n) is 3.02. The van der Waals surface area contributed by atoms with Gasteiger partial charge in [0.2, 0.25) is 0 Å². The molecule has 0 radical (unpaired) electrons. The minimum absolute atomic E-state index is 0.187. The molecule has 3 nitrogen and oxygen atoms in total. The highest BCUT2D eigenvalue weighted by Gasteiger charge is 2.34. The van der Waals surface area contributed by atoms with Crippen LogP contribution in [-0.2, 0) is 6.18 Å². The predicted octanol–water partition coefficient (Wildman–Crippen LogP) is 5.77. The molecule has 1 saturated heterocycles. The number of halogens is 3. The summed E-state index contributed by atoms with van der Waals surface area (Å²) in [5.41, 5.74) is 0.297. The number of amides is 1. The van der Waals surface area contributed by atoms with Crippen LogP contribution in [0.5, 0.6) is 5.75 Å². The van der Waals surface area contributed by atoms with Crippen LogP contribution in [0.15, 0.2) is 48.5 Å². The molecular weight excluding hydrogens is 387 g/mol. The van der Waals surface area contributed by atoms with Crippen LogP contribution < -0.4 is 4.74 Å². The van der Waals surface area contributed by atoms with Crippen molar-refractivity contribution < 1.29 is 22.7 Å². The number of benzene rings is 2. The summed E-state index contributed by atoms with van der Waals surface area (Å²) in [6, 6.07) is 12.1. The molecule has 3 rings (SSSR count). The highest BCUT2D eigenvalue weighted by atomic mass is 32.2. The summed E-state index contributed by atoms with van der Waals surface area (Å²) in [5.74, 6) is 1.20. The zero-order chi connectivity index (χ0) is 20.1. The van der Waals surface area contributed by atoms with Gasteiger partial charge in [0, 0.05) is 17.9 Å². The molecule has 0 saturated carbocycles. The quantitative estimate of drug-likeness (QED) is 0.567. The maximum atomic E-state index is 13.0. The molecule has 0 N–H and O–H groups in total. The number of hydrogen-bond donors (Lipinski definition) is 0. The van der Waals surface area contributed by atoms with Crippen LogP contribution >= 0.6 is 11.8 Å². The molecule has 7 heteroatoms. The van der Waals surface area contributed by atoms with Crippen LogP contribution in [0.25, 0.3) is 0 Å². The summed E-state index contributed by atoms with van der Waals surface area (Å²) in [4.78, 5) is 14.6. The standard InChI is InChI=1S/C21H22F3NO2S/c1-2-3-12-27-18-9-7-15(8-10-18)19(26)25-11-13-28-20(25)16-5-4-6-17(14-16)21(22,23)24/h4-10,14,20H,2-3,11-13H2,1H3. The molecule has 150 valence electrons. The third-order valence-corrected chi connectivity index (χ3v) is 5.78. The SMILES string of the molecule is CCCCOc1ccc(C(=O)N2CCSC2c2cccc(C(F)(F)F)c2)cc1. The molecule has 1 fully saturated rings. The van der Waals surface area contributed by atoms with E-state index in [1.54, 1.807) is 35.2 Å². The molecule has 2 aromatic carbocycles. The molecule has 0 aliphatic carbocycles. The van der Waals surface area contributed by atoms with Crippen LogP contribution in [0.3, 0.4) is 0 Å². The van der Waals surface area contributed by atoms with E-state index >= 15 is 0 Å². The van der Waals surface area contributed by atoms with Crippen LogP contribution in [0, 0.1) is 0 Å². The Balaban J connectivity index is 1.74. The first kappa shape index (κ1) is 20.6. The summed E-state index contributed by atoms with van der Waals surface area (Å²) >= 11 is 1.48. The molecule has 1 unspecified atom stereocenters. The van der Waals surface area contributed by atoms with Gasteiger partial charge >= 0.3 is 6.18 Å². The lowest BCUT2D eigenvalue weighted by Gasteiger charge is -2.25. The number of unbranched alkanes of at least 4 members (excludes halogenated alkanes) is 1. The van der Waals surface area contributed by atoms with Gasteiger partial charge in [0.1, 0.15) is 11.1 Å². The van der Waals surface area contributed by atoms with E-state index in [0.717, 1.165) is 25.0 Å². The first-order valence-electron chi connectivity index (χ1n) is 9.22. The van der Waals surface area contributed by atoms with Crippen LogP contribution in [0.1, 0.15) is 46.6 Å². The summed E-state index contributed by atoms with van der Waals surface area (Å²) in [7, 11) is 0. The molecule has 1 atom stereocenters. The summed E-state index contributed by atoms with van der Waals surface area (Å²) < 4.78 is 44.7. The number of alkyl halides is 3. The third-order valence-electron chi connectivity index (χ3n) is 4.52. The predicted molar refractivity (Wildman–Crippen MR) is 105 cm³/mol. The number of rotatable bonds is 6. The summed E-state index contributed by atoms with van der Waals surface area (Å²) in [6.45, 7) is 3.21. The normalized spacial score (nSPS) is 17.0. The van der Waals surface area contributed by atoms with Crippen LogP contribution in [0.2, 0.25) is 0 Å². The second-order valence-electron chi connectivity index (χ2n) is 6.57. The molecule has 28 heavy (non-hydrogen) atoms. The zero-order valence-electron chi connectivity index (χ0n) is 15.5. The first-order valence-corrected chi connectivity index (χ1v) is 10.3. The molecule has 1 amide bonds. The molecular formula is C21H22F3NO2S. The maximum absolute atomic E-state index is 13.0. The Morgan fingerprint density at radius 2 is 1.96 bits per heavy atom. The Morgan fingerprint density at radius 1 is 1.21 bits per heavy atom. The van der Waals surface area contributed by atoms with Gasteiger partial charge < -0.3 is 9.64 Å². The van der Waals surface area contributed by atoms with Gasteiger partial charge in [0.05, 0.1) is 12.2 Å². The Kier molecular flexibility index (Phi) is 6.54. The van der Waals surface area contributed by atoms with E-state index in [2.05, 4.69) is 6.92 Å². The highest BCUT2D eigenvalue weighted by Crippen LogP contribution is 2.40. The average Bonchev–Trinajstić information content (AvgIpc) is 3.17. The summed E-state index contributed by atoms with van der Waals surface area (Å²) in [5, 5.41) is -0.421. The van der Waals surface area contributed by atoms with E-state index in [1.165, 1.54) is 17.8 Å². The monoisotopic (exact) mass is 409 g/mol. The van der Waals surface area contributed by atoms with Crippen LogP contribution in [-0.4, -0.2) is 29.7 Å². The minimum atomic E-state index is -4.40. The van der Waals surface area contributed by atoms with Crippen molar-refractivity contribution in [3.05, 3.63) is 65.2 Å². The molecule has 0 aromatic heterocycles. The van der Waals surface area contributed by atoms with Crippen molar-refractivity contribution in [3.63, 3.8) is 0 Å². The van der Waals surface area contributed by atoms with Crippen molar-refractivity contribution in [2.45, 2.75) is 31.3 Å². The molecule has 0 spiro atoms. The van der Waals surface area contributed by atoms with E-state index in [0.29, 0.717) is 35.8 Å². The molecule has 1 aliphatic heterocycles. The van der Waals surface area contributed by atoms with Gasteiger partial charge in [0.25, 0.3) is 5.91 Å². The van der Waals surface area contributed by atoms with Crippen molar-refractivity contribution in [2.24, 2.45) is 0 Å². The molecule has 0 bridgehead atoms. The van der Waals surface area contributed by atoms with Gasteiger partial charge in [-0.1, -0.05) is 25.5 Å². The second-order valence-corrected chi connectivity index (χ2v) is 7.76. The van der Waals surface area contributed by atoms with E-state index in [1.807, 2.05) is 0 Å². The van der Waals surface area contributed by atoms with Gasteiger partial charge in [-0.2, -0.15) is 13.2 Å².